The van der Waals surface area contributed by atoms with Crippen LogP contribution in [0.25, 0.3) is 0 Å². The molecule has 5 nitrogen and oxygen atoms in total. The highest BCUT2D eigenvalue weighted by Gasteiger charge is 2.29. The maximum atomic E-state index is 12.3. The van der Waals surface area contributed by atoms with Gasteiger partial charge in [0.25, 0.3) is 0 Å². The van der Waals surface area contributed by atoms with E-state index in [2.05, 4.69) is 0 Å². The third kappa shape index (κ3) is 2.93. The summed E-state index contributed by atoms with van der Waals surface area (Å²) in [7, 11) is 0. The summed E-state index contributed by atoms with van der Waals surface area (Å²) < 4.78 is 10.8. The smallest absolute Gasteiger partial charge is 0.374 e. The molecule has 1 aliphatic carbocycles. The molecule has 1 aromatic heterocycles. The molecule has 3 rings (SSSR count). The molecule has 0 radical (unpaired) electrons. The first kappa shape index (κ1) is 16.3. The number of ketones is 1. The van der Waals surface area contributed by atoms with Gasteiger partial charge >= 0.3 is 5.97 Å². The highest BCUT2D eigenvalue weighted by atomic mass is 35.5. The van der Waals surface area contributed by atoms with E-state index in [1.54, 1.807) is 19.1 Å². The number of carbonyl (C=O) groups is 2. The lowest BCUT2D eigenvalue weighted by Crippen LogP contribution is -2.10. The number of halogens is 1. The monoisotopic (exact) mass is 343 g/mol. The van der Waals surface area contributed by atoms with Crippen molar-refractivity contribution >= 4 is 23.4 Å². The predicted octanol–water partition coefficient (Wildman–Crippen LogP) is 3.99. The van der Waals surface area contributed by atoms with Crippen molar-refractivity contribution in [3.63, 3.8) is 0 Å². The standard InChI is InChI=1S/C18H14ClNO4/c1-10-16-14(21)3-2-4-15(16)24-17(10)18(22)23-9-11-5-6-13(19)7-12(11)8-20/h5-7H,2-4,9H2,1H3. The molecule has 2 aromatic rings. The molecule has 0 amide bonds. The van der Waals surface area contributed by atoms with Crippen LogP contribution in [-0.4, -0.2) is 11.8 Å². The molecule has 0 bridgehead atoms. The van der Waals surface area contributed by atoms with Crippen LogP contribution < -0.4 is 0 Å². The molecule has 122 valence electrons. The van der Waals surface area contributed by atoms with Gasteiger partial charge in [-0.05, 0) is 25.5 Å². The number of hydrogen-bond donors (Lipinski definition) is 0. The summed E-state index contributed by atoms with van der Waals surface area (Å²) in [5, 5.41) is 9.54. The minimum atomic E-state index is -0.645. The molecular weight excluding hydrogens is 330 g/mol. The van der Waals surface area contributed by atoms with Crippen molar-refractivity contribution < 1.29 is 18.7 Å². The van der Waals surface area contributed by atoms with E-state index in [4.69, 9.17) is 26.0 Å². The third-order valence-corrected chi connectivity index (χ3v) is 4.28. The topological polar surface area (TPSA) is 80.3 Å². The van der Waals surface area contributed by atoms with Gasteiger partial charge in [-0.25, -0.2) is 4.79 Å². The SMILES string of the molecule is Cc1c(C(=O)OCc2ccc(Cl)cc2C#N)oc2c1C(=O)CCC2. The van der Waals surface area contributed by atoms with E-state index in [-0.39, 0.29) is 18.2 Å². The van der Waals surface area contributed by atoms with Crippen molar-refractivity contribution in [2.75, 3.05) is 0 Å². The average Bonchev–Trinajstić information content (AvgIpc) is 2.91. The molecule has 0 saturated heterocycles. The molecule has 0 atom stereocenters. The molecule has 0 fully saturated rings. The number of Topliss-reactive ketones (excluding diaryl/α,β-unsaturated/α-hetero) is 1. The first-order valence-corrected chi connectivity index (χ1v) is 7.90. The number of ether oxygens (including phenoxy) is 1. The van der Waals surface area contributed by atoms with Crippen LogP contribution in [0.1, 0.15) is 56.2 Å². The minimum absolute atomic E-state index is 0.000943. The van der Waals surface area contributed by atoms with Crippen LogP contribution in [0.3, 0.4) is 0 Å². The van der Waals surface area contributed by atoms with E-state index in [1.807, 2.05) is 6.07 Å². The first-order valence-electron chi connectivity index (χ1n) is 7.52. The maximum Gasteiger partial charge on any atom is 0.374 e. The Balaban J connectivity index is 1.80. The van der Waals surface area contributed by atoms with Gasteiger partial charge in [0.15, 0.2) is 5.78 Å². The lowest BCUT2D eigenvalue weighted by molar-refractivity contribution is 0.0432. The van der Waals surface area contributed by atoms with Crippen LogP contribution in [-0.2, 0) is 17.8 Å². The Bertz CT molecular complexity index is 876. The number of rotatable bonds is 3. The van der Waals surface area contributed by atoms with Crippen LogP contribution in [0.4, 0.5) is 0 Å². The minimum Gasteiger partial charge on any atom is -0.455 e. The van der Waals surface area contributed by atoms with E-state index in [0.29, 0.717) is 45.9 Å². The summed E-state index contributed by atoms with van der Waals surface area (Å²) in [6.45, 7) is 1.61. The van der Waals surface area contributed by atoms with Crippen LogP contribution in [0.2, 0.25) is 5.02 Å². The van der Waals surface area contributed by atoms with Gasteiger partial charge in [0.2, 0.25) is 5.76 Å². The second kappa shape index (κ2) is 6.50. The summed E-state index contributed by atoms with van der Waals surface area (Å²) in [6, 6.07) is 6.79. The lowest BCUT2D eigenvalue weighted by atomic mass is 9.94. The highest BCUT2D eigenvalue weighted by Crippen LogP contribution is 2.30. The second-order valence-electron chi connectivity index (χ2n) is 5.62. The summed E-state index contributed by atoms with van der Waals surface area (Å²) in [4.78, 5) is 24.3. The number of nitrogens with zero attached hydrogens (tertiary/aromatic N) is 1. The van der Waals surface area contributed by atoms with Gasteiger partial charge in [0.05, 0.1) is 17.2 Å². The second-order valence-corrected chi connectivity index (χ2v) is 6.06. The molecule has 0 aliphatic heterocycles. The van der Waals surface area contributed by atoms with Crippen molar-refractivity contribution in [3.05, 3.63) is 57.0 Å². The number of fused-ring (bicyclic) bond motifs is 1. The largest absolute Gasteiger partial charge is 0.455 e. The van der Waals surface area contributed by atoms with E-state index in [9.17, 15) is 9.59 Å². The van der Waals surface area contributed by atoms with E-state index in [0.717, 1.165) is 6.42 Å². The fourth-order valence-electron chi connectivity index (χ4n) is 2.83. The number of benzene rings is 1. The average molecular weight is 344 g/mol. The Hall–Kier alpha value is -2.58. The fourth-order valence-corrected chi connectivity index (χ4v) is 3.00. The molecule has 0 unspecified atom stereocenters. The van der Waals surface area contributed by atoms with Crippen molar-refractivity contribution in [2.24, 2.45) is 0 Å². The Labute approximate surface area is 143 Å². The summed E-state index contributed by atoms with van der Waals surface area (Å²) in [5.74, 6) is -0.0304. The van der Waals surface area contributed by atoms with Crippen molar-refractivity contribution in [2.45, 2.75) is 32.8 Å². The van der Waals surface area contributed by atoms with Crippen LogP contribution in [0.15, 0.2) is 22.6 Å². The molecule has 24 heavy (non-hydrogen) atoms. The summed E-state index contributed by atoms with van der Waals surface area (Å²) in [5.41, 5.74) is 1.94. The lowest BCUT2D eigenvalue weighted by Gasteiger charge is -2.07. The predicted molar refractivity (Wildman–Crippen MR) is 86.0 cm³/mol. The Morgan fingerprint density at radius 1 is 1.42 bits per heavy atom. The van der Waals surface area contributed by atoms with Crippen LogP contribution >= 0.6 is 11.6 Å². The van der Waals surface area contributed by atoms with E-state index in [1.165, 1.54) is 6.07 Å². The zero-order valence-corrected chi connectivity index (χ0v) is 13.8. The first-order chi connectivity index (χ1) is 11.5. The molecule has 0 spiro atoms. The zero-order valence-electron chi connectivity index (χ0n) is 13.0. The number of nitriles is 1. The summed E-state index contributed by atoms with van der Waals surface area (Å²) >= 11 is 5.84. The number of esters is 1. The molecule has 0 N–H and O–H groups in total. The van der Waals surface area contributed by atoms with Crippen molar-refractivity contribution in [3.8, 4) is 6.07 Å². The van der Waals surface area contributed by atoms with Gasteiger partial charge in [-0.1, -0.05) is 17.7 Å². The Morgan fingerprint density at radius 3 is 2.92 bits per heavy atom. The number of aryl methyl sites for hydroxylation is 1. The molecule has 0 saturated carbocycles. The number of hydrogen-bond acceptors (Lipinski definition) is 5. The number of carbonyl (C=O) groups excluding carboxylic acids is 2. The molecule has 6 heteroatoms. The van der Waals surface area contributed by atoms with E-state index < -0.39 is 5.97 Å². The summed E-state index contributed by atoms with van der Waals surface area (Å²) in [6.07, 6.45) is 1.84. The van der Waals surface area contributed by atoms with Gasteiger partial charge in [-0.3, -0.25) is 4.79 Å². The van der Waals surface area contributed by atoms with Gasteiger partial charge in [0, 0.05) is 29.0 Å². The third-order valence-electron chi connectivity index (χ3n) is 4.04. The van der Waals surface area contributed by atoms with Crippen molar-refractivity contribution in [1.29, 1.82) is 5.26 Å². The van der Waals surface area contributed by atoms with Gasteiger partial charge < -0.3 is 9.15 Å². The highest BCUT2D eigenvalue weighted by molar-refractivity contribution is 6.30. The van der Waals surface area contributed by atoms with Crippen molar-refractivity contribution in [1.82, 2.24) is 0 Å². The van der Waals surface area contributed by atoms with Crippen LogP contribution in [0, 0.1) is 18.3 Å². The fraction of sp³-hybridized carbons (Fsp3) is 0.278. The normalized spacial score (nSPS) is 13.3. The molecule has 1 aromatic carbocycles. The molecule has 1 heterocycles. The molecular formula is C18H14ClNO4. The maximum absolute atomic E-state index is 12.3. The zero-order chi connectivity index (χ0) is 17.3. The van der Waals surface area contributed by atoms with Gasteiger partial charge in [-0.2, -0.15) is 5.26 Å². The van der Waals surface area contributed by atoms with Gasteiger partial charge in [-0.15, -0.1) is 0 Å². The quantitative estimate of drug-likeness (QED) is 0.787. The van der Waals surface area contributed by atoms with Gasteiger partial charge in [0.1, 0.15) is 12.4 Å². The molecule has 1 aliphatic rings. The number of furan rings is 1. The van der Waals surface area contributed by atoms with E-state index >= 15 is 0 Å². The Morgan fingerprint density at radius 2 is 2.21 bits per heavy atom. The van der Waals surface area contributed by atoms with Crippen LogP contribution in [0.5, 0.6) is 0 Å². The Kier molecular flexibility index (Phi) is 4.41.